The molecule has 1 fully saturated rings. The van der Waals surface area contributed by atoms with Gasteiger partial charge in [0.05, 0.1) is 5.92 Å². The molecule has 2 atom stereocenters. The van der Waals surface area contributed by atoms with Crippen molar-refractivity contribution in [1.29, 1.82) is 0 Å². The Kier molecular flexibility index (Phi) is 6.38. The van der Waals surface area contributed by atoms with Gasteiger partial charge in [0, 0.05) is 17.6 Å². The van der Waals surface area contributed by atoms with Gasteiger partial charge in [-0.25, -0.2) is 0 Å². The van der Waals surface area contributed by atoms with Crippen LogP contribution >= 0.6 is 12.4 Å². The fraction of sp³-hybridized carbons (Fsp3) is 0.500. The van der Waals surface area contributed by atoms with Crippen molar-refractivity contribution in [2.24, 2.45) is 17.4 Å². The highest BCUT2D eigenvalue weighted by molar-refractivity contribution is 5.92. The Hall–Kier alpha value is -1.59. The number of primary amides is 1. The number of benzene rings is 1. The van der Waals surface area contributed by atoms with E-state index in [-0.39, 0.29) is 24.2 Å². The molecule has 22 heavy (non-hydrogen) atoms. The number of hydrogen-bond acceptors (Lipinski definition) is 3. The van der Waals surface area contributed by atoms with E-state index >= 15 is 0 Å². The van der Waals surface area contributed by atoms with E-state index in [1.165, 1.54) is 0 Å². The summed E-state index contributed by atoms with van der Waals surface area (Å²) in [5.74, 6) is -0.568. The molecule has 0 aliphatic heterocycles. The SMILES string of the molecule is CC1(N)CCCCC1C(=O)NCc1ccc(C(N)=O)cc1.Cl. The van der Waals surface area contributed by atoms with E-state index in [9.17, 15) is 9.59 Å². The number of rotatable bonds is 4. The van der Waals surface area contributed by atoms with Gasteiger partial charge in [0.25, 0.3) is 0 Å². The van der Waals surface area contributed by atoms with E-state index in [0.717, 1.165) is 31.2 Å². The van der Waals surface area contributed by atoms with Crippen LogP contribution in [-0.2, 0) is 11.3 Å². The van der Waals surface area contributed by atoms with Crippen molar-refractivity contribution in [2.75, 3.05) is 0 Å². The molecule has 1 aromatic rings. The third-order valence-electron chi connectivity index (χ3n) is 4.28. The van der Waals surface area contributed by atoms with Crippen LogP contribution in [0.15, 0.2) is 24.3 Å². The molecule has 1 aliphatic carbocycles. The number of nitrogens with one attached hydrogen (secondary N) is 1. The number of nitrogens with two attached hydrogens (primary N) is 2. The summed E-state index contributed by atoms with van der Waals surface area (Å²) >= 11 is 0. The molecule has 1 saturated carbocycles. The first-order valence-corrected chi connectivity index (χ1v) is 7.35. The van der Waals surface area contributed by atoms with Crippen LogP contribution in [0.2, 0.25) is 0 Å². The van der Waals surface area contributed by atoms with Crippen LogP contribution in [-0.4, -0.2) is 17.4 Å². The van der Waals surface area contributed by atoms with Gasteiger partial charge in [0.2, 0.25) is 11.8 Å². The zero-order valence-electron chi connectivity index (χ0n) is 12.8. The lowest BCUT2D eigenvalue weighted by atomic mass is 9.74. The maximum absolute atomic E-state index is 12.3. The Morgan fingerprint density at radius 3 is 2.45 bits per heavy atom. The van der Waals surface area contributed by atoms with E-state index in [4.69, 9.17) is 11.5 Å². The Bertz CT molecular complexity index is 529. The monoisotopic (exact) mass is 325 g/mol. The highest BCUT2D eigenvalue weighted by Crippen LogP contribution is 2.31. The molecular weight excluding hydrogens is 302 g/mol. The number of hydrogen-bond donors (Lipinski definition) is 3. The zero-order chi connectivity index (χ0) is 15.5. The molecule has 0 spiro atoms. The van der Waals surface area contributed by atoms with Crippen LogP contribution < -0.4 is 16.8 Å². The molecule has 1 aliphatic rings. The second-order valence-corrected chi connectivity index (χ2v) is 6.08. The van der Waals surface area contributed by atoms with E-state index < -0.39 is 11.4 Å². The minimum Gasteiger partial charge on any atom is -0.366 e. The standard InChI is InChI=1S/C16H23N3O2.ClH/c1-16(18)9-3-2-4-13(16)15(21)19-10-11-5-7-12(8-6-11)14(17)20;/h5-8,13H,2-4,9-10,18H2,1H3,(H2,17,20)(H,19,21);1H. The van der Waals surface area contributed by atoms with Gasteiger partial charge in [-0.1, -0.05) is 25.0 Å². The van der Waals surface area contributed by atoms with E-state index in [2.05, 4.69) is 5.32 Å². The molecule has 0 radical (unpaired) electrons. The fourth-order valence-corrected chi connectivity index (χ4v) is 2.89. The summed E-state index contributed by atoms with van der Waals surface area (Å²) in [4.78, 5) is 23.3. The zero-order valence-corrected chi connectivity index (χ0v) is 13.6. The minimum absolute atomic E-state index is 0. The average Bonchev–Trinajstić information content (AvgIpc) is 2.44. The lowest BCUT2D eigenvalue weighted by Crippen LogP contribution is -2.52. The molecular formula is C16H24ClN3O2. The van der Waals surface area contributed by atoms with Gasteiger partial charge < -0.3 is 16.8 Å². The summed E-state index contributed by atoms with van der Waals surface area (Å²) in [6.45, 7) is 2.39. The third-order valence-corrected chi connectivity index (χ3v) is 4.28. The van der Waals surface area contributed by atoms with Crippen molar-refractivity contribution in [3.8, 4) is 0 Å². The highest BCUT2D eigenvalue weighted by atomic mass is 35.5. The first-order chi connectivity index (χ1) is 9.90. The molecule has 5 N–H and O–H groups in total. The van der Waals surface area contributed by atoms with Crippen LogP contribution in [0.25, 0.3) is 0 Å². The van der Waals surface area contributed by atoms with Gasteiger partial charge in [0.1, 0.15) is 0 Å². The summed E-state index contributed by atoms with van der Waals surface area (Å²) in [5.41, 5.74) is 12.4. The lowest BCUT2D eigenvalue weighted by Gasteiger charge is -2.37. The van der Waals surface area contributed by atoms with Crippen molar-refractivity contribution >= 4 is 24.2 Å². The molecule has 122 valence electrons. The Balaban J connectivity index is 0.00000242. The van der Waals surface area contributed by atoms with Crippen LogP contribution in [0.4, 0.5) is 0 Å². The number of amides is 2. The topological polar surface area (TPSA) is 98.2 Å². The molecule has 2 unspecified atom stereocenters. The highest BCUT2D eigenvalue weighted by Gasteiger charge is 2.37. The third kappa shape index (κ3) is 4.45. The van der Waals surface area contributed by atoms with Crippen LogP contribution in [0, 0.1) is 5.92 Å². The van der Waals surface area contributed by atoms with Crippen LogP contribution in [0.3, 0.4) is 0 Å². The normalized spacial score (nSPS) is 24.2. The van der Waals surface area contributed by atoms with Gasteiger partial charge in [-0.15, -0.1) is 12.4 Å². The predicted molar refractivity (Wildman–Crippen MR) is 88.6 cm³/mol. The Labute approximate surface area is 137 Å². The van der Waals surface area contributed by atoms with Crippen LogP contribution in [0.5, 0.6) is 0 Å². The van der Waals surface area contributed by atoms with Crippen molar-refractivity contribution in [2.45, 2.75) is 44.7 Å². The van der Waals surface area contributed by atoms with Gasteiger partial charge in [0.15, 0.2) is 0 Å². The number of halogens is 1. The molecule has 0 saturated heterocycles. The largest absolute Gasteiger partial charge is 0.366 e. The molecule has 6 heteroatoms. The molecule has 5 nitrogen and oxygen atoms in total. The molecule has 0 heterocycles. The van der Waals surface area contributed by atoms with Crippen molar-refractivity contribution in [3.05, 3.63) is 35.4 Å². The van der Waals surface area contributed by atoms with Gasteiger partial charge >= 0.3 is 0 Å². The van der Waals surface area contributed by atoms with Crippen molar-refractivity contribution in [3.63, 3.8) is 0 Å². The quantitative estimate of drug-likeness (QED) is 0.786. The first kappa shape index (κ1) is 18.5. The van der Waals surface area contributed by atoms with Gasteiger partial charge in [-0.05, 0) is 37.5 Å². The maximum Gasteiger partial charge on any atom is 0.248 e. The molecule has 2 amide bonds. The second kappa shape index (κ2) is 7.61. The minimum atomic E-state index is -0.452. The summed E-state index contributed by atoms with van der Waals surface area (Å²) in [5, 5.41) is 2.94. The molecule has 2 rings (SSSR count). The lowest BCUT2D eigenvalue weighted by molar-refractivity contribution is -0.128. The molecule has 0 bridgehead atoms. The molecule has 1 aromatic carbocycles. The second-order valence-electron chi connectivity index (χ2n) is 6.08. The summed E-state index contributed by atoms with van der Waals surface area (Å²) in [6, 6.07) is 6.92. The average molecular weight is 326 g/mol. The van der Waals surface area contributed by atoms with Gasteiger partial charge in [-0.3, -0.25) is 9.59 Å². The maximum atomic E-state index is 12.3. The summed E-state index contributed by atoms with van der Waals surface area (Å²) in [7, 11) is 0. The predicted octanol–water partition coefficient (Wildman–Crippen LogP) is 1.73. The smallest absolute Gasteiger partial charge is 0.248 e. The number of carbonyl (C=O) groups excluding carboxylic acids is 2. The van der Waals surface area contributed by atoms with Crippen LogP contribution in [0.1, 0.15) is 48.5 Å². The van der Waals surface area contributed by atoms with Crippen molar-refractivity contribution < 1.29 is 9.59 Å². The van der Waals surface area contributed by atoms with E-state index in [1.807, 2.05) is 6.92 Å². The van der Waals surface area contributed by atoms with Crippen molar-refractivity contribution in [1.82, 2.24) is 5.32 Å². The fourth-order valence-electron chi connectivity index (χ4n) is 2.89. The Morgan fingerprint density at radius 2 is 1.91 bits per heavy atom. The van der Waals surface area contributed by atoms with E-state index in [0.29, 0.717) is 12.1 Å². The van der Waals surface area contributed by atoms with Gasteiger partial charge in [-0.2, -0.15) is 0 Å². The molecule has 0 aromatic heterocycles. The summed E-state index contributed by atoms with van der Waals surface area (Å²) < 4.78 is 0. The Morgan fingerprint density at radius 1 is 1.27 bits per heavy atom. The number of carbonyl (C=O) groups is 2. The first-order valence-electron chi connectivity index (χ1n) is 7.35. The van der Waals surface area contributed by atoms with E-state index in [1.54, 1.807) is 24.3 Å². The summed E-state index contributed by atoms with van der Waals surface area (Å²) in [6.07, 6.45) is 3.88.